The van der Waals surface area contributed by atoms with Crippen LogP contribution in [0.4, 0.5) is 13.2 Å². The molecular formula is C17H15ClF3NO3S. The molecule has 2 aromatic rings. The number of hydrogen-bond donors (Lipinski definition) is 0. The highest BCUT2D eigenvalue weighted by atomic mass is 35.5. The highest BCUT2D eigenvalue weighted by molar-refractivity contribution is 7.89. The molecule has 3 rings (SSSR count). The average molecular weight is 406 g/mol. The van der Waals surface area contributed by atoms with Gasteiger partial charge in [0.25, 0.3) is 0 Å². The Morgan fingerprint density at radius 2 is 1.62 bits per heavy atom. The SMILES string of the molecule is O=S(=O)(c1ccc(-c2c(Cl)cccc2C(F)(F)F)cc1)N1CCOCC1. The van der Waals surface area contributed by atoms with Crippen LogP contribution in [-0.2, 0) is 20.9 Å². The second kappa shape index (κ2) is 7.19. The second-order valence-electron chi connectivity index (χ2n) is 5.70. The molecule has 0 spiro atoms. The molecule has 2 aromatic carbocycles. The monoisotopic (exact) mass is 405 g/mol. The zero-order chi connectivity index (χ0) is 18.9. The van der Waals surface area contributed by atoms with Crippen molar-refractivity contribution >= 4 is 21.6 Å². The van der Waals surface area contributed by atoms with E-state index in [2.05, 4.69) is 0 Å². The van der Waals surface area contributed by atoms with Crippen LogP contribution in [-0.4, -0.2) is 39.0 Å². The highest BCUT2D eigenvalue weighted by Crippen LogP contribution is 2.41. The molecule has 0 bridgehead atoms. The molecule has 1 aliphatic rings. The van der Waals surface area contributed by atoms with Crippen LogP contribution in [0.3, 0.4) is 0 Å². The lowest BCUT2D eigenvalue weighted by Gasteiger charge is -2.26. The summed E-state index contributed by atoms with van der Waals surface area (Å²) in [7, 11) is -3.71. The zero-order valence-electron chi connectivity index (χ0n) is 13.5. The first kappa shape index (κ1) is 19.2. The first-order chi connectivity index (χ1) is 12.2. The summed E-state index contributed by atoms with van der Waals surface area (Å²) < 4.78 is 71.4. The van der Waals surface area contributed by atoms with Gasteiger partial charge < -0.3 is 4.74 Å². The van der Waals surface area contributed by atoms with Gasteiger partial charge in [0, 0.05) is 23.7 Å². The van der Waals surface area contributed by atoms with Crippen LogP contribution >= 0.6 is 11.6 Å². The lowest BCUT2D eigenvalue weighted by atomic mass is 9.99. The van der Waals surface area contributed by atoms with Crippen LogP contribution in [0, 0.1) is 0 Å². The van der Waals surface area contributed by atoms with Gasteiger partial charge >= 0.3 is 6.18 Å². The number of rotatable bonds is 3. The Balaban J connectivity index is 1.99. The molecule has 0 aromatic heterocycles. The average Bonchev–Trinajstić information content (AvgIpc) is 2.61. The van der Waals surface area contributed by atoms with E-state index in [0.717, 1.165) is 6.07 Å². The molecule has 1 fully saturated rings. The van der Waals surface area contributed by atoms with Crippen molar-refractivity contribution in [3.63, 3.8) is 0 Å². The largest absolute Gasteiger partial charge is 0.417 e. The van der Waals surface area contributed by atoms with Crippen molar-refractivity contribution in [3.8, 4) is 11.1 Å². The number of hydrogen-bond acceptors (Lipinski definition) is 3. The molecule has 0 N–H and O–H groups in total. The van der Waals surface area contributed by atoms with Gasteiger partial charge in [0.05, 0.1) is 23.7 Å². The van der Waals surface area contributed by atoms with E-state index in [4.69, 9.17) is 16.3 Å². The van der Waals surface area contributed by atoms with Crippen molar-refractivity contribution in [2.45, 2.75) is 11.1 Å². The predicted octanol–water partition coefficient (Wildman–Crippen LogP) is 4.05. The van der Waals surface area contributed by atoms with Crippen LogP contribution in [0.25, 0.3) is 11.1 Å². The summed E-state index contributed by atoms with van der Waals surface area (Å²) in [6, 6.07) is 8.80. The van der Waals surface area contributed by atoms with E-state index >= 15 is 0 Å². The summed E-state index contributed by atoms with van der Waals surface area (Å²) in [4.78, 5) is 0.0174. The van der Waals surface area contributed by atoms with Gasteiger partial charge in [-0.1, -0.05) is 29.8 Å². The standard InChI is InChI=1S/C17H15ClF3NO3S/c18-15-3-1-2-14(17(19,20)21)16(15)12-4-6-13(7-5-12)26(23,24)22-8-10-25-11-9-22/h1-7H,8-11H2. The Labute approximate surface area is 154 Å². The summed E-state index contributed by atoms with van der Waals surface area (Å²) in [5.41, 5.74) is -0.838. The molecule has 1 aliphatic heterocycles. The fraction of sp³-hybridized carbons (Fsp3) is 0.294. The number of benzene rings is 2. The fourth-order valence-electron chi connectivity index (χ4n) is 2.78. The molecule has 0 atom stereocenters. The fourth-order valence-corrected chi connectivity index (χ4v) is 4.47. The van der Waals surface area contributed by atoms with Gasteiger partial charge in [0.15, 0.2) is 0 Å². The molecule has 0 saturated carbocycles. The van der Waals surface area contributed by atoms with E-state index in [0.29, 0.717) is 13.2 Å². The first-order valence-electron chi connectivity index (χ1n) is 7.75. The van der Waals surface area contributed by atoms with Gasteiger partial charge in [-0.15, -0.1) is 0 Å². The maximum atomic E-state index is 13.3. The first-order valence-corrected chi connectivity index (χ1v) is 9.57. The van der Waals surface area contributed by atoms with E-state index < -0.39 is 21.8 Å². The van der Waals surface area contributed by atoms with Crippen LogP contribution in [0.15, 0.2) is 47.4 Å². The number of ether oxygens (including phenoxy) is 1. The second-order valence-corrected chi connectivity index (χ2v) is 8.05. The lowest BCUT2D eigenvalue weighted by Crippen LogP contribution is -2.40. The molecular weight excluding hydrogens is 391 g/mol. The molecule has 4 nitrogen and oxygen atoms in total. The van der Waals surface area contributed by atoms with Crippen molar-refractivity contribution in [2.75, 3.05) is 26.3 Å². The van der Waals surface area contributed by atoms with E-state index in [9.17, 15) is 21.6 Å². The quantitative estimate of drug-likeness (QED) is 0.774. The predicted molar refractivity (Wildman–Crippen MR) is 91.5 cm³/mol. The molecule has 26 heavy (non-hydrogen) atoms. The van der Waals surface area contributed by atoms with Crippen LogP contribution < -0.4 is 0 Å². The molecule has 140 valence electrons. The number of nitrogens with zero attached hydrogens (tertiary/aromatic N) is 1. The van der Waals surface area contributed by atoms with Gasteiger partial charge in [-0.05, 0) is 29.8 Å². The molecule has 0 amide bonds. The van der Waals surface area contributed by atoms with Gasteiger partial charge in [0.1, 0.15) is 0 Å². The van der Waals surface area contributed by atoms with E-state index in [-0.39, 0.29) is 34.1 Å². The van der Waals surface area contributed by atoms with Crippen LogP contribution in [0.5, 0.6) is 0 Å². The summed E-state index contributed by atoms with van der Waals surface area (Å²) in [5.74, 6) is 0. The Morgan fingerprint density at radius 1 is 1.00 bits per heavy atom. The van der Waals surface area contributed by atoms with Gasteiger partial charge in [0.2, 0.25) is 10.0 Å². The minimum Gasteiger partial charge on any atom is -0.379 e. The third kappa shape index (κ3) is 3.73. The zero-order valence-corrected chi connectivity index (χ0v) is 15.0. The third-order valence-corrected chi connectivity index (χ3v) is 6.30. The lowest BCUT2D eigenvalue weighted by molar-refractivity contribution is -0.137. The Morgan fingerprint density at radius 3 is 2.19 bits per heavy atom. The Bertz CT molecular complexity index is 892. The van der Waals surface area contributed by atoms with Gasteiger partial charge in [-0.3, -0.25) is 0 Å². The Kier molecular flexibility index (Phi) is 5.30. The summed E-state index contributed by atoms with van der Waals surface area (Å²) in [6.07, 6.45) is -4.57. The summed E-state index contributed by atoms with van der Waals surface area (Å²) in [6.45, 7) is 1.11. The molecule has 0 aliphatic carbocycles. The molecule has 9 heteroatoms. The maximum Gasteiger partial charge on any atom is 0.417 e. The third-order valence-electron chi connectivity index (χ3n) is 4.07. The Hall–Kier alpha value is -1.61. The molecule has 1 saturated heterocycles. The number of halogens is 4. The van der Waals surface area contributed by atoms with Crippen LogP contribution in [0.2, 0.25) is 5.02 Å². The topological polar surface area (TPSA) is 46.6 Å². The highest BCUT2D eigenvalue weighted by Gasteiger charge is 2.34. The summed E-state index contributed by atoms with van der Waals surface area (Å²) >= 11 is 5.98. The van der Waals surface area contributed by atoms with Crippen molar-refractivity contribution in [2.24, 2.45) is 0 Å². The van der Waals surface area contributed by atoms with E-state index in [1.165, 1.54) is 40.7 Å². The van der Waals surface area contributed by atoms with E-state index in [1.807, 2.05) is 0 Å². The van der Waals surface area contributed by atoms with Gasteiger partial charge in [-0.25, -0.2) is 8.42 Å². The number of alkyl halides is 3. The van der Waals surface area contributed by atoms with Crippen molar-refractivity contribution in [3.05, 3.63) is 53.1 Å². The number of morpholine rings is 1. The maximum absolute atomic E-state index is 13.3. The van der Waals surface area contributed by atoms with Crippen molar-refractivity contribution in [1.29, 1.82) is 0 Å². The normalized spacial score (nSPS) is 16.6. The smallest absolute Gasteiger partial charge is 0.379 e. The van der Waals surface area contributed by atoms with Crippen molar-refractivity contribution < 1.29 is 26.3 Å². The number of sulfonamides is 1. The molecule has 0 radical (unpaired) electrons. The van der Waals surface area contributed by atoms with Crippen molar-refractivity contribution in [1.82, 2.24) is 4.31 Å². The van der Waals surface area contributed by atoms with E-state index in [1.54, 1.807) is 0 Å². The minimum absolute atomic E-state index is 0.0174. The minimum atomic E-state index is -4.57. The summed E-state index contributed by atoms with van der Waals surface area (Å²) in [5, 5.41) is -0.0522. The van der Waals surface area contributed by atoms with Crippen LogP contribution in [0.1, 0.15) is 5.56 Å². The van der Waals surface area contributed by atoms with Gasteiger partial charge in [-0.2, -0.15) is 17.5 Å². The molecule has 0 unspecified atom stereocenters. The molecule has 1 heterocycles.